The Labute approximate surface area is 139 Å². The number of hydrogen-bond acceptors (Lipinski definition) is 4. The van der Waals surface area contributed by atoms with Crippen LogP contribution < -0.4 is 4.74 Å². The number of methoxy groups -OCH3 is 2. The van der Waals surface area contributed by atoms with Gasteiger partial charge in [0.15, 0.2) is 5.78 Å². The predicted molar refractivity (Wildman–Crippen MR) is 91.7 cm³/mol. The van der Waals surface area contributed by atoms with Crippen molar-refractivity contribution in [2.45, 2.75) is 0 Å². The maximum Gasteiger partial charge on any atom is 0.337 e. The van der Waals surface area contributed by atoms with Gasteiger partial charge in [0.05, 0.1) is 19.8 Å². The van der Waals surface area contributed by atoms with E-state index < -0.39 is 5.97 Å². The van der Waals surface area contributed by atoms with E-state index in [1.165, 1.54) is 7.11 Å². The first-order chi connectivity index (χ1) is 11.6. The molecule has 0 aliphatic carbocycles. The fourth-order valence-electron chi connectivity index (χ4n) is 2.53. The zero-order valence-electron chi connectivity index (χ0n) is 13.4. The summed E-state index contributed by atoms with van der Waals surface area (Å²) >= 11 is 0. The fourth-order valence-corrected chi connectivity index (χ4v) is 2.53. The van der Waals surface area contributed by atoms with Crippen molar-refractivity contribution < 1.29 is 19.1 Å². The number of benzene rings is 3. The number of fused-ring (bicyclic) bond motifs is 1. The van der Waals surface area contributed by atoms with Crippen LogP contribution in [0, 0.1) is 0 Å². The molecule has 0 aliphatic heterocycles. The van der Waals surface area contributed by atoms with E-state index in [-0.39, 0.29) is 5.78 Å². The zero-order chi connectivity index (χ0) is 17.1. The molecule has 4 heteroatoms. The molecule has 0 aliphatic rings. The van der Waals surface area contributed by atoms with E-state index in [1.807, 2.05) is 30.3 Å². The van der Waals surface area contributed by atoms with E-state index in [4.69, 9.17) is 4.74 Å². The van der Waals surface area contributed by atoms with Gasteiger partial charge < -0.3 is 9.47 Å². The van der Waals surface area contributed by atoms with Gasteiger partial charge in [-0.3, -0.25) is 4.79 Å². The number of ether oxygens (including phenoxy) is 2. The van der Waals surface area contributed by atoms with Gasteiger partial charge in [0.1, 0.15) is 5.75 Å². The van der Waals surface area contributed by atoms with Crippen LogP contribution in [-0.4, -0.2) is 26.0 Å². The summed E-state index contributed by atoms with van der Waals surface area (Å²) in [5.41, 5.74) is 1.54. The SMILES string of the molecule is COC(=O)c1ccc(C(=O)c2ccc3cc(OC)ccc3c2)cc1. The van der Waals surface area contributed by atoms with Crippen molar-refractivity contribution in [3.05, 3.63) is 77.4 Å². The maximum atomic E-state index is 12.6. The van der Waals surface area contributed by atoms with Crippen LogP contribution in [0.5, 0.6) is 5.75 Å². The zero-order valence-corrected chi connectivity index (χ0v) is 13.4. The summed E-state index contributed by atoms with van der Waals surface area (Å²) in [5.74, 6) is 0.262. The van der Waals surface area contributed by atoms with E-state index in [1.54, 1.807) is 37.4 Å². The second-order valence-electron chi connectivity index (χ2n) is 5.33. The van der Waals surface area contributed by atoms with Crippen LogP contribution in [0.2, 0.25) is 0 Å². The van der Waals surface area contributed by atoms with Crippen molar-refractivity contribution in [2.75, 3.05) is 14.2 Å². The third-order valence-electron chi connectivity index (χ3n) is 3.88. The standard InChI is InChI=1S/C20H16O4/c1-23-18-10-9-15-11-17(8-7-16(15)12-18)19(21)13-3-5-14(6-4-13)20(22)24-2/h3-12H,1-2H3. The molecule has 0 heterocycles. The molecular formula is C20H16O4. The largest absolute Gasteiger partial charge is 0.497 e. The number of ketones is 1. The van der Waals surface area contributed by atoms with Gasteiger partial charge in [-0.2, -0.15) is 0 Å². The highest BCUT2D eigenvalue weighted by Crippen LogP contribution is 2.23. The minimum absolute atomic E-state index is 0.0934. The molecule has 3 rings (SSSR count). The molecular weight excluding hydrogens is 304 g/mol. The molecule has 0 aromatic heterocycles. The molecule has 0 spiro atoms. The average Bonchev–Trinajstić information content (AvgIpc) is 2.66. The number of hydrogen-bond donors (Lipinski definition) is 0. The molecule has 24 heavy (non-hydrogen) atoms. The van der Waals surface area contributed by atoms with Gasteiger partial charge in [0.2, 0.25) is 0 Å². The normalized spacial score (nSPS) is 10.4. The maximum absolute atomic E-state index is 12.6. The fraction of sp³-hybridized carbons (Fsp3) is 0.100. The summed E-state index contributed by atoms with van der Waals surface area (Å²) in [6.07, 6.45) is 0. The van der Waals surface area contributed by atoms with Crippen LogP contribution in [0.1, 0.15) is 26.3 Å². The molecule has 3 aromatic rings. The Balaban J connectivity index is 1.91. The van der Waals surface area contributed by atoms with Crippen LogP contribution in [0.3, 0.4) is 0 Å². The van der Waals surface area contributed by atoms with Crippen LogP contribution >= 0.6 is 0 Å². The summed E-state index contributed by atoms with van der Waals surface area (Å²) in [5, 5.41) is 1.97. The highest BCUT2D eigenvalue weighted by molar-refractivity contribution is 6.11. The third-order valence-corrected chi connectivity index (χ3v) is 3.88. The molecule has 0 bridgehead atoms. The quantitative estimate of drug-likeness (QED) is 0.541. The Morgan fingerprint density at radius 1 is 0.708 bits per heavy atom. The lowest BCUT2D eigenvalue weighted by Crippen LogP contribution is -2.04. The Morgan fingerprint density at radius 2 is 1.29 bits per heavy atom. The summed E-state index contributed by atoms with van der Waals surface area (Å²) in [7, 11) is 2.95. The smallest absolute Gasteiger partial charge is 0.337 e. The van der Waals surface area contributed by atoms with Crippen molar-refractivity contribution in [3.8, 4) is 5.75 Å². The average molecular weight is 320 g/mol. The lowest BCUT2D eigenvalue weighted by atomic mass is 9.99. The first kappa shape index (κ1) is 15.7. The lowest BCUT2D eigenvalue weighted by Gasteiger charge is -2.06. The third kappa shape index (κ3) is 2.99. The Morgan fingerprint density at radius 3 is 1.96 bits per heavy atom. The summed E-state index contributed by atoms with van der Waals surface area (Å²) in [6.45, 7) is 0. The lowest BCUT2D eigenvalue weighted by molar-refractivity contribution is 0.0600. The highest BCUT2D eigenvalue weighted by atomic mass is 16.5. The monoisotopic (exact) mass is 320 g/mol. The summed E-state index contributed by atoms with van der Waals surface area (Å²) in [6, 6.07) is 17.7. The van der Waals surface area contributed by atoms with Crippen LogP contribution in [0.15, 0.2) is 60.7 Å². The van der Waals surface area contributed by atoms with Crippen molar-refractivity contribution in [1.82, 2.24) is 0 Å². The van der Waals surface area contributed by atoms with Crippen molar-refractivity contribution >= 4 is 22.5 Å². The van der Waals surface area contributed by atoms with E-state index >= 15 is 0 Å². The van der Waals surface area contributed by atoms with E-state index in [9.17, 15) is 9.59 Å². The Kier molecular flexibility index (Phi) is 4.29. The van der Waals surface area contributed by atoms with Crippen LogP contribution in [0.4, 0.5) is 0 Å². The van der Waals surface area contributed by atoms with Gasteiger partial charge in [-0.1, -0.05) is 30.3 Å². The topological polar surface area (TPSA) is 52.6 Å². The van der Waals surface area contributed by atoms with Crippen LogP contribution in [-0.2, 0) is 4.74 Å². The molecule has 4 nitrogen and oxygen atoms in total. The number of carbonyl (C=O) groups excluding carboxylic acids is 2. The molecule has 0 amide bonds. The molecule has 0 N–H and O–H groups in total. The molecule has 0 fully saturated rings. The van der Waals surface area contributed by atoms with Gasteiger partial charge in [-0.25, -0.2) is 4.79 Å². The summed E-state index contributed by atoms with van der Waals surface area (Å²) in [4.78, 5) is 24.1. The van der Waals surface area contributed by atoms with Crippen molar-refractivity contribution in [2.24, 2.45) is 0 Å². The molecule has 0 saturated heterocycles. The second kappa shape index (κ2) is 6.54. The van der Waals surface area contributed by atoms with Gasteiger partial charge in [-0.05, 0) is 41.1 Å². The summed E-state index contributed by atoms with van der Waals surface area (Å²) < 4.78 is 9.86. The molecule has 0 atom stereocenters. The number of carbonyl (C=O) groups is 2. The van der Waals surface area contributed by atoms with Crippen molar-refractivity contribution in [1.29, 1.82) is 0 Å². The molecule has 3 aromatic carbocycles. The van der Waals surface area contributed by atoms with E-state index in [0.717, 1.165) is 16.5 Å². The molecule has 0 radical (unpaired) electrons. The molecule has 0 unspecified atom stereocenters. The van der Waals surface area contributed by atoms with Gasteiger partial charge in [0.25, 0.3) is 0 Å². The second-order valence-corrected chi connectivity index (χ2v) is 5.33. The van der Waals surface area contributed by atoms with Crippen molar-refractivity contribution in [3.63, 3.8) is 0 Å². The highest BCUT2D eigenvalue weighted by Gasteiger charge is 2.12. The van der Waals surface area contributed by atoms with Gasteiger partial charge >= 0.3 is 5.97 Å². The minimum atomic E-state index is -0.423. The van der Waals surface area contributed by atoms with E-state index in [2.05, 4.69) is 4.74 Å². The number of esters is 1. The minimum Gasteiger partial charge on any atom is -0.497 e. The Hall–Kier alpha value is -3.14. The predicted octanol–water partition coefficient (Wildman–Crippen LogP) is 3.87. The van der Waals surface area contributed by atoms with Gasteiger partial charge in [-0.15, -0.1) is 0 Å². The van der Waals surface area contributed by atoms with Crippen LogP contribution in [0.25, 0.3) is 10.8 Å². The van der Waals surface area contributed by atoms with E-state index in [0.29, 0.717) is 16.7 Å². The first-order valence-electron chi connectivity index (χ1n) is 7.43. The number of rotatable bonds is 4. The first-order valence-corrected chi connectivity index (χ1v) is 7.43. The Bertz CT molecular complexity index is 911. The van der Waals surface area contributed by atoms with Gasteiger partial charge in [0, 0.05) is 11.1 Å². The molecule has 120 valence electrons. The molecule has 0 saturated carbocycles.